The molecule has 3 nitrogen and oxygen atoms in total. The number of hydrogen-bond donors (Lipinski definition) is 1. The number of anilines is 1. The predicted molar refractivity (Wildman–Crippen MR) is 99.2 cm³/mol. The summed E-state index contributed by atoms with van der Waals surface area (Å²) in [6.07, 6.45) is 2.03. The van der Waals surface area contributed by atoms with Gasteiger partial charge in [-0.05, 0) is 42.5 Å². The summed E-state index contributed by atoms with van der Waals surface area (Å²) in [7, 11) is 0. The zero-order chi connectivity index (χ0) is 16.5. The number of nitrogens with zero attached hydrogens (tertiary/aromatic N) is 1. The minimum Gasteiger partial charge on any atom is -0.454 e. The molecule has 3 aromatic carbocycles. The molecule has 4 rings (SSSR count). The van der Waals surface area contributed by atoms with Gasteiger partial charge >= 0.3 is 0 Å². The number of benzene rings is 3. The van der Waals surface area contributed by atoms with Gasteiger partial charge in [-0.1, -0.05) is 41.9 Å². The topological polar surface area (TPSA) is 40.2 Å². The fraction of sp³-hybridized carbons (Fsp3) is 0. The average molecular weight is 335 g/mol. The molecule has 0 saturated carbocycles. The molecule has 0 unspecified atom stereocenters. The Labute approximate surface area is 144 Å². The highest BCUT2D eigenvalue weighted by Crippen LogP contribution is 2.35. The molecule has 0 radical (unpaired) electrons. The molecule has 1 heterocycles. The molecule has 2 N–H and O–H groups in total. The van der Waals surface area contributed by atoms with Crippen molar-refractivity contribution in [2.75, 3.05) is 5.73 Å². The van der Waals surface area contributed by atoms with E-state index in [9.17, 15) is 0 Å². The Kier molecular flexibility index (Phi) is 3.63. The van der Waals surface area contributed by atoms with Crippen LogP contribution >= 0.6 is 11.6 Å². The van der Waals surface area contributed by atoms with Gasteiger partial charge in [-0.25, -0.2) is 0 Å². The molecule has 0 spiro atoms. The molecule has 0 fully saturated rings. The van der Waals surface area contributed by atoms with E-state index in [4.69, 9.17) is 22.1 Å². The normalized spacial score (nSPS) is 10.9. The molecule has 24 heavy (non-hydrogen) atoms. The van der Waals surface area contributed by atoms with Crippen LogP contribution in [0.5, 0.6) is 11.5 Å². The number of hydrogen-bond acceptors (Lipinski definition) is 2. The van der Waals surface area contributed by atoms with Crippen LogP contribution in [0.2, 0.25) is 5.02 Å². The third kappa shape index (κ3) is 2.59. The van der Waals surface area contributed by atoms with E-state index in [0.717, 1.165) is 16.6 Å². The molecule has 0 bridgehead atoms. The van der Waals surface area contributed by atoms with Crippen molar-refractivity contribution in [3.63, 3.8) is 0 Å². The maximum absolute atomic E-state index is 6.21. The van der Waals surface area contributed by atoms with Gasteiger partial charge in [0.25, 0.3) is 0 Å². The van der Waals surface area contributed by atoms with Crippen LogP contribution in [0.3, 0.4) is 0 Å². The highest BCUT2D eigenvalue weighted by Gasteiger charge is 2.10. The minimum absolute atomic E-state index is 0.554. The summed E-state index contributed by atoms with van der Waals surface area (Å²) in [6.45, 7) is 0. The van der Waals surface area contributed by atoms with Gasteiger partial charge < -0.3 is 15.0 Å². The van der Waals surface area contributed by atoms with Crippen molar-refractivity contribution in [1.82, 2.24) is 4.57 Å². The molecule has 1 aromatic heterocycles. The van der Waals surface area contributed by atoms with Crippen LogP contribution in [0.1, 0.15) is 0 Å². The van der Waals surface area contributed by atoms with Gasteiger partial charge in [-0.2, -0.15) is 0 Å². The van der Waals surface area contributed by atoms with E-state index in [1.54, 1.807) is 6.07 Å². The average Bonchev–Trinajstić information content (AvgIpc) is 3.00. The standard InChI is InChI=1S/C20H15ClN2O/c21-16-8-4-5-9-19(16)24-20-12-14-10-11-23(18(14)13-17(20)22)15-6-2-1-3-7-15/h1-13H,22H2. The SMILES string of the molecule is Nc1cc2c(ccn2-c2ccccc2)cc1Oc1ccccc1Cl. The summed E-state index contributed by atoms with van der Waals surface area (Å²) in [5.74, 6) is 1.19. The molecule has 4 aromatic rings. The Balaban J connectivity index is 1.78. The third-order valence-electron chi connectivity index (χ3n) is 3.91. The first-order chi connectivity index (χ1) is 11.7. The summed E-state index contributed by atoms with van der Waals surface area (Å²) < 4.78 is 8.00. The van der Waals surface area contributed by atoms with Gasteiger partial charge in [0.2, 0.25) is 0 Å². The first-order valence-electron chi connectivity index (χ1n) is 7.61. The van der Waals surface area contributed by atoms with Gasteiger partial charge in [0, 0.05) is 17.3 Å². The lowest BCUT2D eigenvalue weighted by molar-refractivity contribution is 0.486. The van der Waals surface area contributed by atoms with Crippen LogP contribution in [0.15, 0.2) is 79.0 Å². The molecular formula is C20H15ClN2O. The predicted octanol–water partition coefficient (Wildman–Crippen LogP) is 5.66. The number of fused-ring (bicyclic) bond motifs is 1. The smallest absolute Gasteiger partial charge is 0.151 e. The Morgan fingerprint density at radius 1 is 0.833 bits per heavy atom. The fourth-order valence-corrected chi connectivity index (χ4v) is 2.90. The fourth-order valence-electron chi connectivity index (χ4n) is 2.73. The lowest BCUT2D eigenvalue weighted by atomic mass is 10.2. The van der Waals surface area contributed by atoms with Crippen LogP contribution in [-0.2, 0) is 0 Å². The van der Waals surface area contributed by atoms with Crippen LogP contribution in [0, 0.1) is 0 Å². The highest BCUT2D eigenvalue weighted by molar-refractivity contribution is 6.32. The second-order valence-corrected chi connectivity index (χ2v) is 5.91. The van der Waals surface area contributed by atoms with E-state index in [2.05, 4.69) is 16.7 Å². The van der Waals surface area contributed by atoms with E-state index < -0.39 is 0 Å². The van der Waals surface area contributed by atoms with Crippen molar-refractivity contribution in [3.05, 3.63) is 84.0 Å². The maximum atomic E-state index is 6.21. The number of rotatable bonds is 3. The van der Waals surface area contributed by atoms with Crippen molar-refractivity contribution < 1.29 is 4.74 Å². The Morgan fingerprint density at radius 2 is 1.58 bits per heavy atom. The Bertz CT molecular complexity index is 1010. The molecule has 0 atom stereocenters. The van der Waals surface area contributed by atoms with Crippen molar-refractivity contribution in [1.29, 1.82) is 0 Å². The van der Waals surface area contributed by atoms with Crippen LogP contribution in [0.4, 0.5) is 5.69 Å². The second-order valence-electron chi connectivity index (χ2n) is 5.50. The van der Waals surface area contributed by atoms with Crippen molar-refractivity contribution in [2.45, 2.75) is 0 Å². The van der Waals surface area contributed by atoms with Crippen LogP contribution < -0.4 is 10.5 Å². The van der Waals surface area contributed by atoms with Crippen LogP contribution in [0.25, 0.3) is 16.6 Å². The van der Waals surface area contributed by atoms with Crippen LogP contribution in [-0.4, -0.2) is 4.57 Å². The van der Waals surface area contributed by atoms with Crippen molar-refractivity contribution in [3.8, 4) is 17.2 Å². The lowest BCUT2D eigenvalue weighted by Crippen LogP contribution is -1.95. The second kappa shape index (κ2) is 5.95. The number of nitrogen functional groups attached to an aromatic ring is 1. The van der Waals surface area contributed by atoms with E-state index in [1.165, 1.54) is 0 Å². The molecule has 0 aliphatic carbocycles. The third-order valence-corrected chi connectivity index (χ3v) is 4.22. The summed E-state index contributed by atoms with van der Waals surface area (Å²) in [5, 5.41) is 1.61. The molecular weight excluding hydrogens is 320 g/mol. The van der Waals surface area contributed by atoms with E-state index in [-0.39, 0.29) is 0 Å². The van der Waals surface area contributed by atoms with Gasteiger partial charge in [-0.15, -0.1) is 0 Å². The number of para-hydroxylation sites is 2. The first-order valence-corrected chi connectivity index (χ1v) is 7.98. The molecule has 4 heteroatoms. The van der Waals surface area contributed by atoms with Gasteiger partial charge in [0.15, 0.2) is 5.75 Å². The molecule has 0 aliphatic heterocycles. The van der Waals surface area contributed by atoms with Gasteiger partial charge in [0.05, 0.1) is 16.2 Å². The van der Waals surface area contributed by atoms with Gasteiger partial charge in [-0.3, -0.25) is 0 Å². The van der Waals surface area contributed by atoms with Crippen molar-refractivity contribution >= 4 is 28.2 Å². The largest absolute Gasteiger partial charge is 0.454 e. The zero-order valence-electron chi connectivity index (χ0n) is 12.8. The van der Waals surface area contributed by atoms with Crippen molar-refractivity contribution in [2.24, 2.45) is 0 Å². The number of ether oxygens (including phenoxy) is 1. The molecule has 0 amide bonds. The highest BCUT2D eigenvalue weighted by atomic mass is 35.5. The summed E-state index contributed by atoms with van der Waals surface area (Å²) in [4.78, 5) is 0. The lowest BCUT2D eigenvalue weighted by Gasteiger charge is -2.11. The zero-order valence-corrected chi connectivity index (χ0v) is 13.6. The molecule has 0 aliphatic rings. The first kappa shape index (κ1) is 14.7. The summed E-state index contributed by atoms with van der Waals surface area (Å²) in [5.41, 5.74) is 8.90. The number of halogens is 1. The number of nitrogens with two attached hydrogens (primary N) is 1. The van der Waals surface area contributed by atoms with E-state index in [1.807, 2.05) is 60.8 Å². The minimum atomic E-state index is 0.554. The maximum Gasteiger partial charge on any atom is 0.151 e. The monoisotopic (exact) mass is 334 g/mol. The van der Waals surface area contributed by atoms with E-state index >= 15 is 0 Å². The van der Waals surface area contributed by atoms with E-state index in [0.29, 0.717) is 22.2 Å². The summed E-state index contributed by atoms with van der Waals surface area (Å²) in [6, 6.07) is 23.4. The number of aromatic nitrogens is 1. The quantitative estimate of drug-likeness (QED) is 0.491. The Morgan fingerprint density at radius 3 is 2.38 bits per heavy atom. The summed E-state index contributed by atoms with van der Waals surface area (Å²) >= 11 is 6.16. The van der Waals surface area contributed by atoms with Gasteiger partial charge in [0.1, 0.15) is 5.75 Å². The molecule has 0 saturated heterocycles. The Hall–Kier alpha value is -2.91. The molecule has 118 valence electrons.